The SMILES string of the molecule is COc1ccc(C(=O)NCC2(c3ccc(OC)cc3)CCOCC2)cc1. The van der Waals surface area contributed by atoms with Crippen LogP contribution < -0.4 is 14.8 Å². The number of carbonyl (C=O) groups is 1. The van der Waals surface area contributed by atoms with E-state index in [0.29, 0.717) is 25.3 Å². The van der Waals surface area contributed by atoms with Gasteiger partial charge in [0.05, 0.1) is 14.2 Å². The fourth-order valence-corrected chi connectivity index (χ4v) is 3.37. The number of hydrogen-bond acceptors (Lipinski definition) is 4. The second-order valence-electron chi connectivity index (χ2n) is 6.53. The van der Waals surface area contributed by atoms with Crippen LogP contribution in [-0.2, 0) is 10.2 Å². The van der Waals surface area contributed by atoms with Gasteiger partial charge in [-0.25, -0.2) is 0 Å². The van der Waals surface area contributed by atoms with Gasteiger partial charge >= 0.3 is 0 Å². The molecule has 0 unspecified atom stereocenters. The molecule has 5 nitrogen and oxygen atoms in total. The molecule has 2 aromatic carbocycles. The minimum atomic E-state index is -0.118. The molecule has 3 rings (SSSR count). The zero-order chi connectivity index (χ0) is 18.4. The highest BCUT2D eigenvalue weighted by atomic mass is 16.5. The average Bonchev–Trinajstić information content (AvgIpc) is 2.73. The van der Waals surface area contributed by atoms with Crippen LogP contribution in [-0.4, -0.2) is 39.9 Å². The van der Waals surface area contributed by atoms with Crippen molar-refractivity contribution in [1.82, 2.24) is 5.32 Å². The first-order valence-electron chi connectivity index (χ1n) is 8.81. The molecule has 1 amide bonds. The van der Waals surface area contributed by atoms with E-state index in [0.717, 1.165) is 24.3 Å². The van der Waals surface area contributed by atoms with Crippen molar-refractivity contribution >= 4 is 5.91 Å². The zero-order valence-corrected chi connectivity index (χ0v) is 15.3. The molecule has 1 aliphatic heterocycles. The van der Waals surface area contributed by atoms with E-state index in [1.54, 1.807) is 38.5 Å². The molecule has 0 spiro atoms. The molecule has 0 aliphatic carbocycles. The summed E-state index contributed by atoms with van der Waals surface area (Å²) in [7, 11) is 3.27. The maximum absolute atomic E-state index is 12.6. The second kappa shape index (κ2) is 8.23. The van der Waals surface area contributed by atoms with Crippen molar-refractivity contribution in [1.29, 1.82) is 0 Å². The molecule has 1 saturated heterocycles. The lowest BCUT2D eigenvalue weighted by atomic mass is 9.74. The van der Waals surface area contributed by atoms with Gasteiger partial charge in [0.1, 0.15) is 11.5 Å². The molecule has 0 bridgehead atoms. The number of methoxy groups -OCH3 is 2. The predicted molar refractivity (Wildman–Crippen MR) is 100 cm³/mol. The largest absolute Gasteiger partial charge is 0.497 e. The summed E-state index contributed by atoms with van der Waals surface area (Å²) in [5.74, 6) is 1.49. The molecule has 26 heavy (non-hydrogen) atoms. The van der Waals surface area contributed by atoms with Crippen LogP contribution >= 0.6 is 0 Å². The van der Waals surface area contributed by atoms with Crippen LogP contribution in [0.4, 0.5) is 0 Å². The third-order valence-electron chi connectivity index (χ3n) is 5.09. The number of nitrogens with one attached hydrogen (secondary N) is 1. The molecule has 1 heterocycles. The second-order valence-corrected chi connectivity index (χ2v) is 6.53. The predicted octanol–water partition coefficient (Wildman–Crippen LogP) is 3.18. The van der Waals surface area contributed by atoms with Gasteiger partial charge in [-0.05, 0) is 54.8 Å². The molecular weight excluding hydrogens is 330 g/mol. The molecule has 1 fully saturated rings. The summed E-state index contributed by atoms with van der Waals surface area (Å²) < 4.78 is 16.0. The fourth-order valence-electron chi connectivity index (χ4n) is 3.37. The number of ether oxygens (including phenoxy) is 3. The average molecular weight is 355 g/mol. The fraction of sp³-hybridized carbons (Fsp3) is 0.381. The van der Waals surface area contributed by atoms with E-state index in [1.807, 2.05) is 12.1 Å². The molecule has 1 N–H and O–H groups in total. The van der Waals surface area contributed by atoms with E-state index < -0.39 is 0 Å². The summed E-state index contributed by atoms with van der Waals surface area (Å²) in [6.07, 6.45) is 1.75. The normalized spacial score (nSPS) is 15.9. The first kappa shape index (κ1) is 18.3. The molecule has 2 aromatic rings. The highest BCUT2D eigenvalue weighted by molar-refractivity contribution is 5.94. The Morgan fingerprint density at radius 2 is 1.50 bits per heavy atom. The van der Waals surface area contributed by atoms with Crippen molar-refractivity contribution in [3.05, 3.63) is 59.7 Å². The van der Waals surface area contributed by atoms with Crippen molar-refractivity contribution in [3.63, 3.8) is 0 Å². The molecule has 0 atom stereocenters. The third kappa shape index (κ3) is 3.99. The van der Waals surface area contributed by atoms with Gasteiger partial charge in [0, 0.05) is 30.7 Å². The van der Waals surface area contributed by atoms with E-state index in [2.05, 4.69) is 17.4 Å². The van der Waals surface area contributed by atoms with Gasteiger partial charge in [-0.3, -0.25) is 4.79 Å². The number of amides is 1. The van der Waals surface area contributed by atoms with Gasteiger partial charge in [-0.2, -0.15) is 0 Å². The Kier molecular flexibility index (Phi) is 5.78. The minimum Gasteiger partial charge on any atom is -0.497 e. The number of hydrogen-bond donors (Lipinski definition) is 1. The van der Waals surface area contributed by atoms with Gasteiger partial charge in [0.15, 0.2) is 0 Å². The lowest BCUT2D eigenvalue weighted by molar-refractivity contribution is 0.0487. The van der Waals surface area contributed by atoms with Gasteiger partial charge in [0.25, 0.3) is 5.91 Å². The van der Waals surface area contributed by atoms with Gasteiger partial charge in [-0.1, -0.05) is 12.1 Å². The Morgan fingerprint density at radius 1 is 0.962 bits per heavy atom. The Balaban J connectivity index is 1.74. The number of benzene rings is 2. The Labute approximate surface area is 154 Å². The van der Waals surface area contributed by atoms with Crippen molar-refractivity contribution in [2.24, 2.45) is 0 Å². The Bertz CT molecular complexity index is 719. The summed E-state index contributed by atoms with van der Waals surface area (Å²) in [4.78, 5) is 12.6. The van der Waals surface area contributed by atoms with Gasteiger partial charge < -0.3 is 19.5 Å². The van der Waals surface area contributed by atoms with E-state index in [-0.39, 0.29) is 11.3 Å². The topological polar surface area (TPSA) is 56.8 Å². The zero-order valence-electron chi connectivity index (χ0n) is 15.3. The first-order chi connectivity index (χ1) is 12.7. The van der Waals surface area contributed by atoms with E-state index in [4.69, 9.17) is 14.2 Å². The lowest BCUT2D eigenvalue weighted by Crippen LogP contribution is -2.44. The third-order valence-corrected chi connectivity index (χ3v) is 5.09. The summed E-state index contributed by atoms with van der Waals surface area (Å²) >= 11 is 0. The van der Waals surface area contributed by atoms with E-state index in [1.165, 1.54) is 5.56 Å². The number of carbonyl (C=O) groups excluding carboxylic acids is 1. The van der Waals surface area contributed by atoms with Gasteiger partial charge in [0.2, 0.25) is 0 Å². The van der Waals surface area contributed by atoms with Crippen LogP contribution in [0.3, 0.4) is 0 Å². The summed E-state index contributed by atoms with van der Waals surface area (Å²) in [6, 6.07) is 15.3. The summed E-state index contributed by atoms with van der Waals surface area (Å²) in [6.45, 7) is 1.97. The molecular formula is C21H25NO4. The lowest BCUT2D eigenvalue weighted by Gasteiger charge is -2.38. The highest BCUT2D eigenvalue weighted by Crippen LogP contribution is 2.35. The van der Waals surface area contributed by atoms with Crippen LogP contribution in [0.1, 0.15) is 28.8 Å². The Morgan fingerprint density at radius 3 is 2.04 bits per heavy atom. The van der Waals surface area contributed by atoms with Gasteiger partial charge in [-0.15, -0.1) is 0 Å². The molecule has 0 aromatic heterocycles. The minimum absolute atomic E-state index is 0.0768. The van der Waals surface area contributed by atoms with E-state index in [9.17, 15) is 4.79 Å². The molecule has 1 aliphatic rings. The van der Waals surface area contributed by atoms with Crippen molar-refractivity contribution in [2.75, 3.05) is 34.0 Å². The highest BCUT2D eigenvalue weighted by Gasteiger charge is 2.35. The first-order valence-corrected chi connectivity index (χ1v) is 8.81. The van der Waals surface area contributed by atoms with Crippen LogP contribution in [0, 0.1) is 0 Å². The summed E-state index contributed by atoms with van der Waals surface area (Å²) in [5.41, 5.74) is 1.71. The molecule has 138 valence electrons. The van der Waals surface area contributed by atoms with Crippen molar-refractivity contribution in [2.45, 2.75) is 18.3 Å². The quantitative estimate of drug-likeness (QED) is 0.865. The molecule has 5 heteroatoms. The molecule has 0 radical (unpaired) electrons. The summed E-state index contributed by atoms with van der Waals surface area (Å²) in [5, 5.41) is 3.11. The van der Waals surface area contributed by atoms with Crippen LogP contribution in [0.15, 0.2) is 48.5 Å². The smallest absolute Gasteiger partial charge is 0.251 e. The monoisotopic (exact) mass is 355 g/mol. The molecule has 0 saturated carbocycles. The van der Waals surface area contributed by atoms with Crippen LogP contribution in [0.5, 0.6) is 11.5 Å². The van der Waals surface area contributed by atoms with Crippen LogP contribution in [0.2, 0.25) is 0 Å². The van der Waals surface area contributed by atoms with Crippen molar-refractivity contribution < 1.29 is 19.0 Å². The van der Waals surface area contributed by atoms with Crippen molar-refractivity contribution in [3.8, 4) is 11.5 Å². The van der Waals surface area contributed by atoms with Crippen LogP contribution in [0.25, 0.3) is 0 Å². The maximum atomic E-state index is 12.6. The standard InChI is InChI=1S/C21H25NO4/c1-24-18-7-3-16(4-8-18)20(23)22-15-21(11-13-26-14-12-21)17-5-9-19(25-2)10-6-17/h3-10H,11-15H2,1-2H3,(H,22,23). The maximum Gasteiger partial charge on any atom is 0.251 e. The van der Waals surface area contributed by atoms with E-state index >= 15 is 0 Å². The Hall–Kier alpha value is -2.53. The number of rotatable bonds is 6.